The molecule has 8 nitrogen and oxygen atoms in total. The molecule has 0 saturated carbocycles. The number of pyridine rings is 1. The molecule has 38 heavy (non-hydrogen) atoms. The number of aryl methyl sites for hydroxylation is 2. The second-order valence-corrected chi connectivity index (χ2v) is 12.0. The normalized spacial score (nSPS) is 19.1. The van der Waals surface area contributed by atoms with Crippen LogP contribution in [0.3, 0.4) is 0 Å². The Kier molecular flexibility index (Phi) is 7.67. The van der Waals surface area contributed by atoms with Crippen LogP contribution in [-0.4, -0.2) is 68.8 Å². The Hall–Kier alpha value is -3.43. The molecule has 2 aliphatic rings. The van der Waals surface area contributed by atoms with Crippen LogP contribution in [-0.2, 0) is 21.4 Å². The molecule has 2 aromatic carbocycles. The quantitative estimate of drug-likeness (QED) is 0.459. The van der Waals surface area contributed by atoms with E-state index < -0.39 is 10.0 Å². The maximum atomic E-state index is 13.2. The van der Waals surface area contributed by atoms with Crippen molar-refractivity contribution in [3.8, 4) is 0 Å². The first kappa shape index (κ1) is 26.2. The lowest BCUT2D eigenvalue weighted by molar-refractivity contribution is 0.0746. The standard InChI is InChI=1S/C29H34N4O4S/c1-22-8-10-27(23(2)18-22)31-13-15-32(16-14-31)29(34)25-9-11-28(30-19-25)33-26(12-17-38(33,35)36)21-37-20-24-6-4-3-5-7-24/h3-11,18-19,26H,12-17,20-21H2,1-2H3/t26-/m0/s1. The fraction of sp³-hybridized carbons (Fsp3) is 0.379. The number of aromatic nitrogens is 1. The lowest BCUT2D eigenvalue weighted by atomic mass is 10.1. The van der Waals surface area contributed by atoms with Gasteiger partial charge in [0.1, 0.15) is 5.82 Å². The van der Waals surface area contributed by atoms with Gasteiger partial charge in [0.05, 0.1) is 30.6 Å². The summed E-state index contributed by atoms with van der Waals surface area (Å²) in [5.41, 5.74) is 5.19. The maximum Gasteiger partial charge on any atom is 0.255 e. The molecule has 3 aromatic rings. The van der Waals surface area contributed by atoms with E-state index in [9.17, 15) is 13.2 Å². The van der Waals surface area contributed by atoms with E-state index in [-0.39, 0.29) is 24.3 Å². The van der Waals surface area contributed by atoms with Gasteiger partial charge in [-0.25, -0.2) is 17.7 Å². The minimum absolute atomic E-state index is 0.0550. The number of carbonyl (C=O) groups is 1. The summed E-state index contributed by atoms with van der Waals surface area (Å²) in [6, 6.07) is 19.2. The summed E-state index contributed by atoms with van der Waals surface area (Å²) in [5, 5.41) is 0. The maximum absolute atomic E-state index is 13.2. The van der Waals surface area contributed by atoms with Crippen molar-refractivity contribution in [2.45, 2.75) is 32.9 Å². The molecule has 1 atom stereocenters. The zero-order valence-corrected chi connectivity index (χ0v) is 22.7. The number of benzene rings is 2. The van der Waals surface area contributed by atoms with Crippen LogP contribution in [0, 0.1) is 13.8 Å². The molecule has 5 rings (SSSR count). The largest absolute Gasteiger partial charge is 0.375 e. The number of rotatable bonds is 7. The molecule has 9 heteroatoms. The number of ether oxygens (including phenoxy) is 1. The van der Waals surface area contributed by atoms with Gasteiger partial charge in [0.25, 0.3) is 5.91 Å². The van der Waals surface area contributed by atoms with Crippen molar-refractivity contribution < 1.29 is 17.9 Å². The first-order chi connectivity index (χ1) is 18.3. The SMILES string of the molecule is Cc1ccc(N2CCN(C(=O)c3ccc(N4[C@H](COCc5ccccc5)CCS4(=O)=O)nc3)CC2)c(C)c1. The van der Waals surface area contributed by atoms with E-state index in [1.54, 1.807) is 12.1 Å². The summed E-state index contributed by atoms with van der Waals surface area (Å²) in [4.78, 5) is 21.7. The summed E-state index contributed by atoms with van der Waals surface area (Å²) in [7, 11) is -3.49. The molecule has 3 heterocycles. The van der Waals surface area contributed by atoms with Crippen molar-refractivity contribution in [2.24, 2.45) is 0 Å². The van der Waals surface area contributed by atoms with Crippen molar-refractivity contribution in [2.75, 3.05) is 47.7 Å². The second-order valence-electron chi connectivity index (χ2n) is 10.0. The first-order valence-electron chi connectivity index (χ1n) is 13.0. The lowest BCUT2D eigenvalue weighted by Crippen LogP contribution is -2.49. The number of nitrogens with zero attached hydrogens (tertiary/aromatic N) is 4. The average molecular weight is 535 g/mol. The van der Waals surface area contributed by atoms with Crippen molar-refractivity contribution >= 4 is 27.4 Å². The van der Waals surface area contributed by atoms with Gasteiger partial charge >= 0.3 is 0 Å². The Morgan fingerprint density at radius 1 is 1.00 bits per heavy atom. The number of hydrogen-bond acceptors (Lipinski definition) is 6. The van der Waals surface area contributed by atoms with Crippen molar-refractivity contribution in [1.29, 1.82) is 0 Å². The monoisotopic (exact) mass is 534 g/mol. The minimum Gasteiger partial charge on any atom is -0.375 e. The Morgan fingerprint density at radius 3 is 2.45 bits per heavy atom. The summed E-state index contributed by atoms with van der Waals surface area (Å²) >= 11 is 0. The molecule has 0 unspecified atom stereocenters. The summed E-state index contributed by atoms with van der Waals surface area (Å²) in [6.45, 7) is 7.67. The average Bonchev–Trinajstić information content (AvgIpc) is 3.23. The van der Waals surface area contributed by atoms with Crippen LogP contribution in [0.2, 0.25) is 0 Å². The summed E-state index contributed by atoms with van der Waals surface area (Å²) in [6.07, 6.45) is 1.97. The number of hydrogen-bond donors (Lipinski definition) is 0. The fourth-order valence-corrected chi connectivity index (χ4v) is 7.01. The van der Waals surface area contributed by atoms with Crippen molar-refractivity contribution in [3.05, 3.63) is 89.1 Å². The highest BCUT2D eigenvalue weighted by Crippen LogP contribution is 2.28. The number of carbonyl (C=O) groups excluding carboxylic acids is 1. The van der Waals surface area contributed by atoms with E-state index in [1.165, 1.54) is 27.3 Å². The highest BCUT2D eigenvalue weighted by Gasteiger charge is 2.38. The Labute approximate surface area is 224 Å². The van der Waals surface area contributed by atoms with E-state index in [2.05, 4.69) is 41.9 Å². The van der Waals surface area contributed by atoms with Gasteiger partial charge in [-0.2, -0.15) is 0 Å². The van der Waals surface area contributed by atoms with Crippen LogP contribution in [0.25, 0.3) is 0 Å². The number of anilines is 2. The smallest absolute Gasteiger partial charge is 0.255 e. The van der Waals surface area contributed by atoms with Gasteiger partial charge in [0.2, 0.25) is 10.0 Å². The van der Waals surface area contributed by atoms with E-state index in [0.717, 1.165) is 18.7 Å². The molecule has 2 saturated heterocycles. The Bertz CT molecular complexity index is 1370. The van der Waals surface area contributed by atoms with Crippen LogP contribution in [0.15, 0.2) is 66.9 Å². The number of sulfonamides is 1. The molecular weight excluding hydrogens is 500 g/mol. The van der Waals surface area contributed by atoms with Crippen LogP contribution in [0.4, 0.5) is 11.5 Å². The van der Waals surface area contributed by atoms with Gasteiger partial charge in [0.15, 0.2) is 0 Å². The fourth-order valence-electron chi connectivity index (χ4n) is 5.23. The van der Waals surface area contributed by atoms with Crippen molar-refractivity contribution in [1.82, 2.24) is 9.88 Å². The molecule has 0 bridgehead atoms. The number of piperazine rings is 1. The molecule has 1 amide bonds. The van der Waals surface area contributed by atoms with Crippen LogP contribution in [0.1, 0.15) is 33.5 Å². The minimum atomic E-state index is -3.49. The predicted octanol–water partition coefficient (Wildman–Crippen LogP) is 3.79. The molecule has 0 radical (unpaired) electrons. The van der Waals surface area contributed by atoms with Gasteiger partial charge < -0.3 is 14.5 Å². The lowest BCUT2D eigenvalue weighted by Gasteiger charge is -2.37. The van der Waals surface area contributed by atoms with Gasteiger partial charge in [-0.1, -0.05) is 48.0 Å². The van der Waals surface area contributed by atoms with Gasteiger partial charge in [-0.15, -0.1) is 0 Å². The molecule has 2 fully saturated rings. The second kappa shape index (κ2) is 11.1. The Morgan fingerprint density at radius 2 is 1.76 bits per heavy atom. The van der Waals surface area contributed by atoms with E-state index in [4.69, 9.17) is 4.74 Å². The van der Waals surface area contributed by atoms with E-state index in [1.807, 2.05) is 35.2 Å². The zero-order valence-electron chi connectivity index (χ0n) is 21.9. The first-order valence-corrected chi connectivity index (χ1v) is 14.6. The van der Waals surface area contributed by atoms with Gasteiger partial charge in [-0.3, -0.25) is 4.79 Å². The van der Waals surface area contributed by atoms with E-state index in [0.29, 0.717) is 37.5 Å². The van der Waals surface area contributed by atoms with Crippen molar-refractivity contribution in [3.63, 3.8) is 0 Å². The molecular formula is C29H34N4O4S. The third kappa shape index (κ3) is 5.68. The predicted molar refractivity (Wildman–Crippen MR) is 149 cm³/mol. The molecule has 1 aromatic heterocycles. The molecule has 2 aliphatic heterocycles. The zero-order chi connectivity index (χ0) is 26.7. The van der Waals surface area contributed by atoms with Crippen LogP contribution >= 0.6 is 0 Å². The van der Waals surface area contributed by atoms with Gasteiger partial charge in [-0.05, 0) is 49.6 Å². The Balaban J connectivity index is 1.21. The topological polar surface area (TPSA) is 83.0 Å². The summed E-state index contributed by atoms with van der Waals surface area (Å²) < 4.78 is 32.8. The van der Waals surface area contributed by atoms with Crippen LogP contribution in [0.5, 0.6) is 0 Å². The molecule has 0 aliphatic carbocycles. The van der Waals surface area contributed by atoms with Crippen LogP contribution < -0.4 is 9.21 Å². The number of amides is 1. The third-order valence-electron chi connectivity index (χ3n) is 7.24. The third-order valence-corrected chi connectivity index (χ3v) is 9.08. The molecule has 0 spiro atoms. The van der Waals surface area contributed by atoms with E-state index >= 15 is 0 Å². The molecule has 200 valence electrons. The highest BCUT2D eigenvalue weighted by atomic mass is 32.2. The highest BCUT2D eigenvalue weighted by molar-refractivity contribution is 7.93. The molecule has 0 N–H and O–H groups in total. The summed E-state index contributed by atoms with van der Waals surface area (Å²) in [5.74, 6) is 0.294. The van der Waals surface area contributed by atoms with Gasteiger partial charge in [0, 0.05) is 38.1 Å².